The average molecular weight is 160 g/mol. The van der Waals surface area contributed by atoms with Gasteiger partial charge in [-0.05, 0) is 18.6 Å². The molecule has 0 amide bonds. The van der Waals surface area contributed by atoms with E-state index in [1.165, 1.54) is 0 Å². The number of hydrogen-bond donors (Lipinski definition) is 0. The van der Waals surface area contributed by atoms with E-state index in [9.17, 15) is 0 Å². The van der Waals surface area contributed by atoms with E-state index in [-0.39, 0.29) is 0 Å². The monoisotopic (exact) mass is 160 g/mol. The lowest BCUT2D eigenvalue weighted by Crippen LogP contribution is -1.93. The summed E-state index contributed by atoms with van der Waals surface area (Å²) in [6, 6.07) is 3.94. The smallest absolute Gasteiger partial charge is 0.179 e. The second kappa shape index (κ2) is 2.93. The molecule has 3 heteroatoms. The van der Waals surface area contributed by atoms with Gasteiger partial charge < -0.3 is 4.57 Å². The molecule has 2 rings (SSSR count). The molecule has 0 aliphatic carbocycles. The second-order valence-electron chi connectivity index (χ2n) is 2.71. The molecule has 0 aliphatic rings. The summed E-state index contributed by atoms with van der Waals surface area (Å²) in [5, 5.41) is 0. The zero-order valence-electron chi connectivity index (χ0n) is 6.99. The Morgan fingerprint density at radius 2 is 2.50 bits per heavy atom. The molecule has 2 aromatic heterocycles. The molecule has 12 heavy (non-hydrogen) atoms. The Kier molecular flexibility index (Phi) is 1.78. The van der Waals surface area contributed by atoms with Crippen LogP contribution in [0.4, 0.5) is 0 Å². The van der Waals surface area contributed by atoms with Crippen LogP contribution in [-0.2, 0) is 6.54 Å². The van der Waals surface area contributed by atoms with Crippen LogP contribution in [0.5, 0.6) is 0 Å². The molecule has 0 bridgehead atoms. The van der Waals surface area contributed by atoms with Crippen molar-refractivity contribution in [3.8, 4) is 0 Å². The lowest BCUT2D eigenvalue weighted by atomic mass is 10.4. The van der Waals surface area contributed by atoms with Crippen molar-refractivity contribution in [1.82, 2.24) is 14.5 Å². The van der Waals surface area contributed by atoms with Crippen LogP contribution in [0, 0.1) is 6.33 Å². The largest absolute Gasteiger partial charge is 0.320 e. The summed E-state index contributed by atoms with van der Waals surface area (Å²) in [5.74, 6) is 0. The summed E-state index contributed by atoms with van der Waals surface area (Å²) in [6.07, 6.45) is 5.76. The van der Waals surface area contributed by atoms with Gasteiger partial charge in [-0.1, -0.05) is 6.92 Å². The van der Waals surface area contributed by atoms with Crippen molar-refractivity contribution in [1.29, 1.82) is 0 Å². The number of rotatable bonds is 2. The second-order valence-corrected chi connectivity index (χ2v) is 2.71. The van der Waals surface area contributed by atoms with E-state index in [0.29, 0.717) is 0 Å². The number of aryl methyl sites for hydroxylation is 1. The van der Waals surface area contributed by atoms with Gasteiger partial charge in [0.25, 0.3) is 0 Å². The van der Waals surface area contributed by atoms with Crippen LogP contribution in [0.2, 0.25) is 0 Å². The highest BCUT2D eigenvalue weighted by Gasteiger charge is 2.00. The third kappa shape index (κ3) is 1.07. The van der Waals surface area contributed by atoms with Crippen LogP contribution >= 0.6 is 0 Å². The molecule has 0 unspecified atom stereocenters. The van der Waals surface area contributed by atoms with Crippen molar-refractivity contribution in [2.75, 3.05) is 0 Å². The molecule has 2 aromatic rings. The summed E-state index contributed by atoms with van der Waals surface area (Å²) in [4.78, 5) is 8.19. The third-order valence-electron chi connectivity index (χ3n) is 1.78. The van der Waals surface area contributed by atoms with E-state index in [0.717, 1.165) is 24.1 Å². The zero-order valence-corrected chi connectivity index (χ0v) is 6.99. The van der Waals surface area contributed by atoms with Crippen molar-refractivity contribution in [2.45, 2.75) is 19.9 Å². The lowest BCUT2D eigenvalue weighted by Gasteiger charge is -1.98. The minimum Gasteiger partial charge on any atom is -0.320 e. The van der Waals surface area contributed by atoms with Gasteiger partial charge in [0, 0.05) is 12.7 Å². The molecule has 0 aromatic carbocycles. The molecule has 0 fully saturated rings. The van der Waals surface area contributed by atoms with Crippen LogP contribution in [0.3, 0.4) is 0 Å². The Morgan fingerprint density at radius 3 is 3.33 bits per heavy atom. The zero-order chi connectivity index (χ0) is 8.39. The number of aromatic nitrogens is 3. The van der Waals surface area contributed by atoms with Gasteiger partial charge in [0.2, 0.25) is 0 Å². The minimum absolute atomic E-state index is 0.783. The van der Waals surface area contributed by atoms with Gasteiger partial charge in [0.05, 0.1) is 5.52 Å². The lowest BCUT2D eigenvalue weighted by molar-refractivity contribution is 0.692. The van der Waals surface area contributed by atoms with Gasteiger partial charge in [-0.3, -0.25) is 0 Å². The highest BCUT2D eigenvalue weighted by atomic mass is 15.1. The van der Waals surface area contributed by atoms with Crippen molar-refractivity contribution in [3.05, 3.63) is 24.7 Å². The highest BCUT2D eigenvalue weighted by Crippen LogP contribution is 2.08. The number of imidazole rings is 1. The van der Waals surface area contributed by atoms with E-state index in [1.54, 1.807) is 6.20 Å². The molecule has 0 saturated carbocycles. The van der Waals surface area contributed by atoms with Gasteiger partial charge in [0.1, 0.15) is 0 Å². The van der Waals surface area contributed by atoms with Gasteiger partial charge >= 0.3 is 0 Å². The fourth-order valence-corrected chi connectivity index (χ4v) is 1.24. The summed E-state index contributed by atoms with van der Waals surface area (Å²) >= 11 is 0. The molecular weight excluding hydrogens is 150 g/mol. The Morgan fingerprint density at radius 1 is 1.58 bits per heavy atom. The van der Waals surface area contributed by atoms with E-state index in [1.807, 2.05) is 16.7 Å². The fraction of sp³-hybridized carbons (Fsp3) is 0.333. The van der Waals surface area contributed by atoms with Crippen LogP contribution in [-0.4, -0.2) is 14.5 Å². The van der Waals surface area contributed by atoms with Gasteiger partial charge in [0.15, 0.2) is 12.0 Å². The first-order valence-corrected chi connectivity index (χ1v) is 4.10. The first kappa shape index (κ1) is 7.28. The van der Waals surface area contributed by atoms with Crippen molar-refractivity contribution >= 4 is 11.2 Å². The van der Waals surface area contributed by atoms with Gasteiger partial charge in [-0.25, -0.2) is 9.97 Å². The molecule has 2 heterocycles. The molecule has 0 spiro atoms. The number of nitrogens with zero attached hydrogens (tertiary/aromatic N) is 3. The van der Waals surface area contributed by atoms with E-state index in [2.05, 4.69) is 23.2 Å². The summed E-state index contributed by atoms with van der Waals surface area (Å²) in [6.45, 7) is 3.10. The van der Waals surface area contributed by atoms with E-state index < -0.39 is 0 Å². The molecular formula is C9H10N3. The summed E-state index contributed by atoms with van der Waals surface area (Å²) < 4.78 is 2.00. The maximum atomic E-state index is 4.12. The van der Waals surface area contributed by atoms with E-state index >= 15 is 0 Å². The molecule has 1 radical (unpaired) electrons. The molecule has 0 saturated heterocycles. The maximum Gasteiger partial charge on any atom is 0.179 e. The predicted molar refractivity (Wildman–Crippen MR) is 46.7 cm³/mol. The maximum absolute atomic E-state index is 4.12. The number of pyridine rings is 1. The SMILES string of the molecule is CCCn1[c]nc2ncccc21. The van der Waals surface area contributed by atoms with E-state index in [4.69, 9.17) is 0 Å². The minimum atomic E-state index is 0.783. The highest BCUT2D eigenvalue weighted by molar-refractivity contribution is 5.69. The Labute approximate surface area is 71.1 Å². The first-order valence-electron chi connectivity index (χ1n) is 4.10. The van der Waals surface area contributed by atoms with Crippen molar-refractivity contribution in [3.63, 3.8) is 0 Å². The Balaban J connectivity index is 2.55. The normalized spacial score (nSPS) is 10.8. The van der Waals surface area contributed by atoms with Crippen LogP contribution in [0.25, 0.3) is 11.2 Å². The predicted octanol–water partition coefficient (Wildman–Crippen LogP) is 1.64. The molecule has 0 aliphatic heterocycles. The van der Waals surface area contributed by atoms with Crippen LogP contribution < -0.4 is 0 Å². The first-order chi connectivity index (χ1) is 5.92. The van der Waals surface area contributed by atoms with Gasteiger partial charge in [-0.2, -0.15) is 0 Å². The quantitative estimate of drug-likeness (QED) is 0.668. The van der Waals surface area contributed by atoms with Crippen LogP contribution in [0.15, 0.2) is 18.3 Å². The Bertz CT molecular complexity index is 378. The Hall–Kier alpha value is -1.38. The molecule has 0 N–H and O–H groups in total. The molecule has 61 valence electrons. The van der Waals surface area contributed by atoms with Crippen molar-refractivity contribution in [2.24, 2.45) is 0 Å². The summed E-state index contributed by atoms with van der Waals surface area (Å²) in [7, 11) is 0. The van der Waals surface area contributed by atoms with Crippen molar-refractivity contribution < 1.29 is 0 Å². The number of hydrogen-bond acceptors (Lipinski definition) is 2. The third-order valence-corrected chi connectivity index (χ3v) is 1.78. The molecule has 3 nitrogen and oxygen atoms in total. The fourth-order valence-electron chi connectivity index (χ4n) is 1.24. The standard InChI is InChI=1S/C9H10N3/c1-2-6-12-7-11-9-8(12)4-3-5-10-9/h3-5H,2,6H2,1H3. The van der Waals surface area contributed by atoms with Gasteiger partial charge in [-0.15, -0.1) is 0 Å². The topological polar surface area (TPSA) is 30.7 Å². The number of fused-ring (bicyclic) bond motifs is 1. The average Bonchev–Trinajstić information content (AvgIpc) is 2.50. The molecule has 0 atom stereocenters. The van der Waals surface area contributed by atoms with Crippen LogP contribution in [0.1, 0.15) is 13.3 Å². The summed E-state index contributed by atoms with van der Waals surface area (Å²) in [5.41, 5.74) is 1.85.